The Morgan fingerprint density at radius 2 is 1.85 bits per heavy atom. The van der Waals surface area contributed by atoms with Crippen LogP contribution in [0.3, 0.4) is 0 Å². The molecule has 3 aromatic rings. The smallest absolute Gasteiger partial charge is 0.205 e. The summed E-state index contributed by atoms with van der Waals surface area (Å²) in [5, 5.41) is 0.979. The number of ether oxygens (including phenoxy) is 3. The van der Waals surface area contributed by atoms with Crippen molar-refractivity contribution >= 4 is 41.7 Å². The van der Waals surface area contributed by atoms with Crippen LogP contribution in [-0.2, 0) is 20.9 Å². The van der Waals surface area contributed by atoms with Gasteiger partial charge in [-0.1, -0.05) is 55.8 Å². The molecule has 209 valence electrons. The Morgan fingerprint density at radius 1 is 1.13 bits per heavy atom. The molecule has 0 saturated carbocycles. The normalized spacial score (nSPS) is 23.3. The zero-order valence-corrected chi connectivity index (χ0v) is 26.9. The molecule has 5 rings (SSSR count). The van der Waals surface area contributed by atoms with Crippen LogP contribution in [0.4, 0.5) is 0 Å². The first kappa shape index (κ1) is 28.6. The van der Waals surface area contributed by atoms with Crippen molar-refractivity contribution < 1.29 is 23.4 Å². The first-order valence-electron chi connectivity index (χ1n) is 13.6. The van der Waals surface area contributed by atoms with Gasteiger partial charge in [-0.3, -0.25) is 4.79 Å². The minimum Gasteiger partial charge on any atom is -0.491 e. The number of carbonyl (C=O) groups is 1. The van der Waals surface area contributed by atoms with E-state index in [9.17, 15) is 4.79 Å². The molecule has 2 unspecified atom stereocenters. The van der Waals surface area contributed by atoms with E-state index in [2.05, 4.69) is 67.4 Å². The fourth-order valence-corrected chi connectivity index (χ4v) is 7.42. The van der Waals surface area contributed by atoms with E-state index in [0.717, 1.165) is 32.2 Å². The lowest BCUT2D eigenvalue weighted by atomic mass is 9.81. The summed E-state index contributed by atoms with van der Waals surface area (Å²) < 4.78 is 28.6. The van der Waals surface area contributed by atoms with Gasteiger partial charge in [0, 0.05) is 39.6 Å². The molecule has 1 radical (unpaired) electrons. The number of benzene rings is 2. The molecule has 39 heavy (non-hydrogen) atoms. The van der Waals surface area contributed by atoms with Crippen LogP contribution < -0.4 is 4.74 Å². The topological polar surface area (TPSA) is 58.9 Å². The van der Waals surface area contributed by atoms with Gasteiger partial charge in [0.2, 0.25) is 9.04 Å². The molecular formula is C31H39BrNO5Si. The van der Waals surface area contributed by atoms with Gasteiger partial charge in [0.15, 0.2) is 11.6 Å². The molecule has 0 bridgehead atoms. The molecule has 2 aromatic carbocycles. The number of rotatable bonds is 6. The third-order valence-electron chi connectivity index (χ3n) is 7.73. The SMILES string of the molecule is CC1c2ccc(OC[C@H]3OC(C)(C)O[C@H]3C(O[Si](C)C)C(C)(C)C)cc2C(=O)c2c1n(C)c1cc(Br)ccc21. The number of fused-ring (bicyclic) bond motifs is 4. The Balaban J connectivity index is 1.42. The van der Waals surface area contributed by atoms with Gasteiger partial charge in [0.25, 0.3) is 0 Å². The van der Waals surface area contributed by atoms with Crippen LogP contribution in [0.2, 0.25) is 13.1 Å². The molecular weight excluding hydrogens is 574 g/mol. The van der Waals surface area contributed by atoms with Gasteiger partial charge < -0.3 is 23.2 Å². The number of aromatic nitrogens is 1. The molecule has 0 spiro atoms. The summed E-state index contributed by atoms with van der Waals surface area (Å²) >= 11 is 3.57. The number of halogens is 1. The maximum Gasteiger partial charge on any atom is 0.205 e. The van der Waals surface area contributed by atoms with Crippen LogP contribution in [0, 0.1) is 5.41 Å². The minimum atomic E-state index is -0.959. The van der Waals surface area contributed by atoms with Crippen molar-refractivity contribution in [2.75, 3.05) is 6.61 Å². The number of carbonyl (C=O) groups excluding carboxylic acids is 1. The van der Waals surface area contributed by atoms with Gasteiger partial charge in [0.05, 0.1) is 11.7 Å². The van der Waals surface area contributed by atoms with Gasteiger partial charge in [-0.05, 0) is 62.2 Å². The van der Waals surface area contributed by atoms with Crippen molar-refractivity contribution in [3.63, 3.8) is 0 Å². The summed E-state index contributed by atoms with van der Waals surface area (Å²) in [6.07, 6.45) is -0.705. The zero-order valence-electron chi connectivity index (χ0n) is 24.3. The summed E-state index contributed by atoms with van der Waals surface area (Å²) in [5.41, 5.74) is 4.47. The molecule has 2 aliphatic rings. The monoisotopic (exact) mass is 612 g/mol. The van der Waals surface area contributed by atoms with Crippen molar-refractivity contribution in [3.8, 4) is 5.75 Å². The molecule has 6 nitrogen and oxygen atoms in total. The highest BCUT2D eigenvalue weighted by Crippen LogP contribution is 2.43. The quantitative estimate of drug-likeness (QED) is 0.275. The highest BCUT2D eigenvalue weighted by atomic mass is 79.9. The molecule has 1 aromatic heterocycles. The number of nitrogens with zero attached hydrogens (tertiary/aromatic N) is 1. The largest absolute Gasteiger partial charge is 0.491 e. The van der Waals surface area contributed by atoms with Crippen molar-refractivity contribution in [1.82, 2.24) is 4.57 Å². The summed E-state index contributed by atoms with van der Waals surface area (Å²) in [4.78, 5) is 13.9. The van der Waals surface area contributed by atoms with E-state index in [-0.39, 0.29) is 35.4 Å². The first-order chi connectivity index (χ1) is 18.2. The lowest BCUT2D eigenvalue weighted by Gasteiger charge is -2.37. The van der Waals surface area contributed by atoms with Crippen molar-refractivity contribution in [1.29, 1.82) is 0 Å². The summed E-state index contributed by atoms with van der Waals surface area (Å²) in [6, 6.07) is 12.0. The van der Waals surface area contributed by atoms with Gasteiger partial charge in [-0.2, -0.15) is 0 Å². The molecule has 0 amide bonds. The molecule has 0 N–H and O–H groups in total. The van der Waals surface area contributed by atoms with Crippen LogP contribution >= 0.6 is 15.9 Å². The fourth-order valence-electron chi connectivity index (χ4n) is 6.07. The van der Waals surface area contributed by atoms with E-state index in [1.54, 1.807) is 0 Å². The Morgan fingerprint density at radius 3 is 2.51 bits per heavy atom. The highest BCUT2D eigenvalue weighted by molar-refractivity contribution is 9.10. The standard InChI is InChI=1S/C31H39BrNO5Si/c1-17-20-13-11-19(15-22(20)27(34)25-21-12-10-18(32)14-23(21)33(7)26(17)25)35-16-24-28(37-31(5,6)36-24)29(30(2,3)4)38-39(8)9/h10-15,17,24,28-29H,16H2,1-9H3/t17?,24-,28-,29?/m1/s1. The number of hydrogen-bond donors (Lipinski definition) is 0. The third kappa shape index (κ3) is 5.26. The average Bonchev–Trinajstić information content (AvgIpc) is 3.31. The predicted molar refractivity (Wildman–Crippen MR) is 159 cm³/mol. The van der Waals surface area contributed by atoms with Gasteiger partial charge >= 0.3 is 0 Å². The molecule has 1 fully saturated rings. The summed E-state index contributed by atoms with van der Waals surface area (Å²) in [5.74, 6) is 0.0360. The second kappa shape index (κ2) is 10.1. The maximum atomic E-state index is 13.9. The fraction of sp³-hybridized carbons (Fsp3) is 0.516. The van der Waals surface area contributed by atoms with Crippen LogP contribution in [0.15, 0.2) is 40.9 Å². The Hall–Kier alpha value is -1.97. The average molecular weight is 614 g/mol. The molecule has 4 atom stereocenters. The van der Waals surface area contributed by atoms with Crippen LogP contribution in [-0.4, -0.2) is 50.1 Å². The van der Waals surface area contributed by atoms with E-state index in [1.165, 1.54) is 0 Å². The molecule has 2 heterocycles. The minimum absolute atomic E-state index is 0.0395. The highest BCUT2D eigenvalue weighted by Gasteiger charge is 2.49. The van der Waals surface area contributed by atoms with Crippen LogP contribution in [0.5, 0.6) is 5.75 Å². The van der Waals surface area contributed by atoms with Crippen molar-refractivity contribution in [2.24, 2.45) is 12.5 Å². The van der Waals surface area contributed by atoms with Crippen LogP contribution in [0.1, 0.15) is 74.6 Å². The lowest BCUT2D eigenvalue weighted by Crippen LogP contribution is -2.48. The van der Waals surface area contributed by atoms with Gasteiger partial charge in [0.1, 0.15) is 24.6 Å². The van der Waals surface area contributed by atoms with Crippen LogP contribution in [0.25, 0.3) is 10.9 Å². The van der Waals surface area contributed by atoms with E-state index < -0.39 is 14.8 Å². The number of hydrogen-bond acceptors (Lipinski definition) is 5. The lowest BCUT2D eigenvalue weighted by molar-refractivity contribution is -0.160. The van der Waals surface area contributed by atoms with Gasteiger partial charge in [-0.25, -0.2) is 0 Å². The van der Waals surface area contributed by atoms with Crippen molar-refractivity contribution in [3.05, 3.63) is 63.3 Å². The number of ketones is 1. The molecule has 8 heteroatoms. The van der Waals surface area contributed by atoms with E-state index in [0.29, 0.717) is 17.9 Å². The Kier molecular flexibility index (Phi) is 7.42. The first-order valence-corrected chi connectivity index (χ1v) is 16.8. The predicted octanol–water partition coefficient (Wildman–Crippen LogP) is 7.22. The molecule has 1 aliphatic heterocycles. The third-order valence-corrected chi connectivity index (χ3v) is 8.95. The van der Waals surface area contributed by atoms with E-state index in [4.69, 9.17) is 18.6 Å². The van der Waals surface area contributed by atoms with E-state index >= 15 is 0 Å². The second-order valence-electron chi connectivity index (χ2n) is 12.5. The van der Waals surface area contributed by atoms with Gasteiger partial charge in [-0.15, -0.1) is 0 Å². The molecule has 1 aliphatic carbocycles. The van der Waals surface area contributed by atoms with Crippen molar-refractivity contribution in [2.45, 2.75) is 84.7 Å². The zero-order chi connectivity index (χ0) is 28.4. The van der Waals surface area contributed by atoms with E-state index in [1.807, 2.05) is 51.2 Å². The number of aryl methyl sites for hydroxylation is 1. The maximum absolute atomic E-state index is 13.9. The second-order valence-corrected chi connectivity index (χ2v) is 15.5. The Labute approximate surface area is 241 Å². The molecule has 1 saturated heterocycles. The summed E-state index contributed by atoms with van der Waals surface area (Å²) in [6.45, 7) is 17.1. The summed E-state index contributed by atoms with van der Waals surface area (Å²) in [7, 11) is 1.08. The Bertz CT molecular complexity index is 1420.